The summed E-state index contributed by atoms with van der Waals surface area (Å²) in [6.45, 7) is 17.4. The third-order valence-electron chi connectivity index (χ3n) is 4.54. The van der Waals surface area contributed by atoms with Crippen molar-refractivity contribution in [2.75, 3.05) is 6.61 Å². The minimum Gasteiger partial charge on any atom is -0.465 e. The number of ether oxygens (including phenoxy) is 1. The number of carbonyl (C=O) groups excluding carboxylic acids is 1. The highest BCUT2D eigenvalue weighted by Crippen LogP contribution is 2.33. The second-order valence-corrected chi connectivity index (χ2v) is 10.4. The van der Waals surface area contributed by atoms with E-state index >= 15 is 0 Å². The molecule has 0 heterocycles. The minimum absolute atomic E-state index is 0.0364. The molecule has 0 N–H and O–H groups in total. The molecule has 2 nitrogen and oxygen atoms in total. The molecule has 0 saturated heterocycles. The predicted octanol–water partition coefficient (Wildman–Crippen LogP) is 6.32. The molecule has 136 valence electrons. The summed E-state index contributed by atoms with van der Waals surface area (Å²) < 4.78 is 4.81. The van der Waals surface area contributed by atoms with Gasteiger partial charge in [0.05, 0.1) is 6.61 Å². The van der Waals surface area contributed by atoms with Crippen molar-refractivity contribution in [3.63, 3.8) is 0 Å². The molecule has 1 aromatic rings. The Morgan fingerprint density at radius 3 is 1.83 bits per heavy atom. The summed E-state index contributed by atoms with van der Waals surface area (Å²) in [6.07, 6.45) is 0.806. The maximum atomic E-state index is 11.9. The summed E-state index contributed by atoms with van der Waals surface area (Å²) in [6, 6.07) is 6.95. The molecule has 0 saturated carbocycles. The van der Waals surface area contributed by atoms with Crippen molar-refractivity contribution in [3.05, 3.63) is 34.9 Å². The van der Waals surface area contributed by atoms with E-state index in [1.165, 1.54) is 16.7 Å². The van der Waals surface area contributed by atoms with E-state index in [4.69, 9.17) is 4.74 Å². The van der Waals surface area contributed by atoms with Crippen molar-refractivity contribution < 1.29 is 9.53 Å². The first kappa shape index (κ1) is 21.2. The molecule has 1 rings (SSSR count). The van der Waals surface area contributed by atoms with Gasteiger partial charge < -0.3 is 4.74 Å². The van der Waals surface area contributed by atoms with Gasteiger partial charge in [0, 0.05) is 0 Å². The first-order valence-electron chi connectivity index (χ1n) is 8.86. The Bertz CT molecular complexity index is 539. The van der Waals surface area contributed by atoms with Crippen LogP contribution in [0.4, 0.5) is 0 Å². The first-order valence-corrected chi connectivity index (χ1v) is 9.65. The third kappa shape index (κ3) is 5.91. The molecule has 0 atom stereocenters. The van der Waals surface area contributed by atoms with Crippen LogP contribution >= 0.6 is 15.9 Å². The summed E-state index contributed by atoms with van der Waals surface area (Å²) >= 11 is 3.35. The second-order valence-electron chi connectivity index (χ2n) is 8.44. The number of benzene rings is 1. The van der Waals surface area contributed by atoms with E-state index in [0.717, 1.165) is 6.42 Å². The van der Waals surface area contributed by atoms with Crippen LogP contribution in [0.15, 0.2) is 18.2 Å². The van der Waals surface area contributed by atoms with E-state index in [1.54, 1.807) is 0 Å². The lowest BCUT2D eigenvalue weighted by atomic mass is 9.78. The lowest BCUT2D eigenvalue weighted by Crippen LogP contribution is -2.29. The van der Waals surface area contributed by atoms with Gasteiger partial charge in [-0.1, -0.05) is 75.7 Å². The van der Waals surface area contributed by atoms with Crippen molar-refractivity contribution >= 4 is 21.9 Å². The van der Waals surface area contributed by atoms with Gasteiger partial charge in [-0.05, 0) is 54.2 Å². The topological polar surface area (TPSA) is 26.3 Å². The third-order valence-corrected chi connectivity index (χ3v) is 4.86. The lowest BCUT2D eigenvalue weighted by Gasteiger charge is -2.28. The van der Waals surface area contributed by atoms with Crippen molar-refractivity contribution in [1.82, 2.24) is 0 Å². The Labute approximate surface area is 156 Å². The highest BCUT2D eigenvalue weighted by atomic mass is 79.9. The Morgan fingerprint density at radius 1 is 1.00 bits per heavy atom. The molecule has 0 aliphatic rings. The number of hydrogen-bond donors (Lipinski definition) is 0. The predicted molar refractivity (Wildman–Crippen MR) is 106 cm³/mol. The van der Waals surface area contributed by atoms with Crippen LogP contribution in [-0.4, -0.2) is 16.9 Å². The van der Waals surface area contributed by atoms with Crippen LogP contribution in [0, 0.1) is 0 Å². The van der Waals surface area contributed by atoms with Gasteiger partial charge in [-0.3, -0.25) is 4.79 Å². The molecule has 1 aromatic carbocycles. The highest BCUT2D eigenvalue weighted by molar-refractivity contribution is 9.10. The summed E-state index contributed by atoms with van der Waals surface area (Å²) in [5.74, 6) is 0.799. The largest absolute Gasteiger partial charge is 0.465 e. The molecule has 0 aliphatic heterocycles. The zero-order valence-electron chi connectivity index (χ0n) is 16.5. The van der Waals surface area contributed by atoms with E-state index in [1.807, 2.05) is 13.8 Å². The van der Waals surface area contributed by atoms with Gasteiger partial charge in [0.2, 0.25) is 0 Å². The zero-order valence-corrected chi connectivity index (χ0v) is 18.1. The van der Waals surface area contributed by atoms with Gasteiger partial charge >= 0.3 is 5.97 Å². The van der Waals surface area contributed by atoms with Gasteiger partial charge in [-0.25, -0.2) is 0 Å². The Balaban J connectivity index is 2.95. The number of alkyl halides is 1. The Hall–Kier alpha value is -0.830. The van der Waals surface area contributed by atoms with Crippen LogP contribution in [0.2, 0.25) is 0 Å². The van der Waals surface area contributed by atoms with Crippen LogP contribution < -0.4 is 0 Å². The molecule has 0 radical (unpaired) electrons. The van der Waals surface area contributed by atoms with Gasteiger partial charge in [-0.2, -0.15) is 0 Å². The Kier molecular flexibility index (Phi) is 7.10. The van der Waals surface area contributed by atoms with E-state index in [2.05, 4.69) is 75.7 Å². The van der Waals surface area contributed by atoms with E-state index < -0.39 is 4.32 Å². The number of halogens is 1. The molecule has 0 spiro atoms. The molecule has 0 fully saturated rings. The molecule has 0 unspecified atom stereocenters. The smallest absolute Gasteiger partial charge is 0.322 e. The van der Waals surface area contributed by atoms with E-state index in [9.17, 15) is 4.79 Å². The summed E-state index contributed by atoms with van der Waals surface area (Å²) in [5.41, 5.74) is 4.04. The lowest BCUT2D eigenvalue weighted by molar-refractivity contribution is -0.145. The number of esters is 1. The summed E-state index contributed by atoms with van der Waals surface area (Å²) in [5, 5.41) is 0. The van der Waals surface area contributed by atoms with Crippen LogP contribution in [0.1, 0.15) is 90.3 Å². The fourth-order valence-corrected chi connectivity index (χ4v) is 2.56. The quantitative estimate of drug-likeness (QED) is 0.398. The summed E-state index contributed by atoms with van der Waals surface area (Å²) in [4.78, 5) is 11.9. The molecular weight excluding hydrogens is 364 g/mol. The van der Waals surface area contributed by atoms with Crippen LogP contribution in [0.5, 0.6) is 0 Å². The number of hydrogen-bond acceptors (Lipinski definition) is 2. The fourth-order valence-electron chi connectivity index (χ4n) is 2.45. The van der Waals surface area contributed by atoms with Crippen molar-refractivity contribution in [1.29, 1.82) is 0 Å². The van der Waals surface area contributed by atoms with E-state index in [-0.39, 0.29) is 11.4 Å². The standard InChI is InChI=1S/C21H33BrO2/c1-14(2)16-11-17(15(3)4)13-18(12-16)20(5,6)9-10-24-19(23)21(7,8)22/h11-15H,9-10H2,1-8H3. The molecule has 3 heteroatoms. The van der Waals surface area contributed by atoms with Crippen LogP contribution in [0.25, 0.3) is 0 Å². The van der Waals surface area contributed by atoms with Crippen molar-refractivity contribution in [2.24, 2.45) is 0 Å². The number of rotatable bonds is 7. The average molecular weight is 397 g/mol. The van der Waals surface area contributed by atoms with Crippen LogP contribution in [0.3, 0.4) is 0 Å². The highest BCUT2D eigenvalue weighted by Gasteiger charge is 2.27. The van der Waals surface area contributed by atoms with Crippen LogP contribution in [-0.2, 0) is 14.9 Å². The first-order chi connectivity index (χ1) is 10.8. The molecular formula is C21H33BrO2. The molecule has 0 amide bonds. The molecule has 0 aromatic heterocycles. The number of carbonyl (C=O) groups is 1. The average Bonchev–Trinajstić information content (AvgIpc) is 2.45. The molecule has 0 aliphatic carbocycles. The molecule has 24 heavy (non-hydrogen) atoms. The van der Waals surface area contributed by atoms with E-state index in [0.29, 0.717) is 18.4 Å². The summed E-state index contributed by atoms with van der Waals surface area (Å²) in [7, 11) is 0. The van der Waals surface area contributed by atoms with Gasteiger partial charge in [0.15, 0.2) is 0 Å². The second kappa shape index (κ2) is 8.03. The molecule has 0 bridgehead atoms. The maximum absolute atomic E-state index is 11.9. The maximum Gasteiger partial charge on any atom is 0.322 e. The Morgan fingerprint density at radius 2 is 1.46 bits per heavy atom. The zero-order chi connectivity index (χ0) is 18.7. The SMILES string of the molecule is CC(C)c1cc(C(C)C)cc(C(C)(C)CCOC(=O)C(C)(C)Br)c1. The monoisotopic (exact) mass is 396 g/mol. The van der Waals surface area contributed by atoms with Gasteiger partial charge in [0.25, 0.3) is 0 Å². The van der Waals surface area contributed by atoms with Crippen molar-refractivity contribution in [2.45, 2.75) is 83.4 Å². The minimum atomic E-state index is -0.625. The fraction of sp³-hybridized carbons (Fsp3) is 0.667. The normalized spacial score (nSPS) is 12.8. The van der Waals surface area contributed by atoms with Gasteiger partial charge in [-0.15, -0.1) is 0 Å². The van der Waals surface area contributed by atoms with Crippen molar-refractivity contribution in [3.8, 4) is 0 Å². The van der Waals surface area contributed by atoms with Gasteiger partial charge in [0.1, 0.15) is 4.32 Å².